The summed E-state index contributed by atoms with van der Waals surface area (Å²) in [6, 6.07) is 3.57. The maximum absolute atomic E-state index is 12.3. The minimum absolute atomic E-state index is 0.107. The summed E-state index contributed by atoms with van der Waals surface area (Å²) in [5.41, 5.74) is 0.166. The van der Waals surface area contributed by atoms with E-state index in [4.69, 9.17) is 9.84 Å². The van der Waals surface area contributed by atoms with Crippen LogP contribution in [0.4, 0.5) is 11.4 Å². The molecule has 0 fully saturated rings. The Hall–Kier alpha value is -2.68. The lowest BCUT2D eigenvalue weighted by Crippen LogP contribution is -2.36. The molecule has 0 saturated heterocycles. The van der Waals surface area contributed by atoms with E-state index in [1.54, 1.807) is 0 Å². The van der Waals surface area contributed by atoms with E-state index in [0.29, 0.717) is 26.0 Å². The summed E-state index contributed by atoms with van der Waals surface area (Å²) in [6.45, 7) is 2.65. The molecule has 0 spiro atoms. The topological polar surface area (TPSA) is 131 Å². The molecular formula is C16H23N3O6. The van der Waals surface area contributed by atoms with Crippen molar-refractivity contribution < 1.29 is 24.4 Å². The lowest BCUT2D eigenvalue weighted by Gasteiger charge is -2.16. The van der Waals surface area contributed by atoms with Gasteiger partial charge in [-0.25, -0.2) is 0 Å². The summed E-state index contributed by atoms with van der Waals surface area (Å²) in [5, 5.41) is 25.6. The van der Waals surface area contributed by atoms with Crippen molar-refractivity contribution in [1.29, 1.82) is 0 Å². The Morgan fingerprint density at radius 2 is 2.12 bits per heavy atom. The fraction of sp³-hybridized carbons (Fsp3) is 0.500. The molecule has 0 aliphatic carbocycles. The Morgan fingerprint density at radius 1 is 1.40 bits per heavy atom. The van der Waals surface area contributed by atoms with Gasteiger partial charge in [-0.1, -0.05) is 13.3 Å². The molecule has 1 rings (SSSR count). The van der Waals surface area contributed by atoms with Crippen LogP contribution in [-0.4, -0.2) is 48.2 Å². The second-order valence-electron chi connectivity index (χ2n) is 5.47. The molecule has 25 heavy (non-hydrogen) atoms. The quantitative estimate of drug-likeness (QED) is 0.315. The Morgan fingerprint density at radius 3 is 2.68 bits per heavy atom. The van der Waals surface area contributed by atoms with Crippen LogP contribution in [0.2, 0.25) is 0 Å². The third-order valence-electron chi connectivity index (χ3n) is 3.47. The minimum atomic E-state index is -1.01. The predicted octanol–water partition coefficient (Wildman–Crippen LogP) is 2.03. The molecular weight excluding hydrogens is 330 g/mol. The third kappa shape index (κ3) is 6.76. The molecule has 1 amide bonds. The number of aliphatic carboxylic acids is 1. The van der Waals surface area contributed by atoms with Gasteiger partial charge in [-0.3, -0.25) is 19.7 Å². The van der Waals surface area contributed by atoms with Crippen molar-refractivity contribution in [2.24, 2.45) is 0 Å². The van der Waals surface area contributed by atoms with E-state index in [1.165, 1.54) is 25.3 Å². The Bertz CT molecular complexity index is 620. The Kier molecular flexibility index (Phi) is 8.34. The lowest BCUT2D eigenvalue weighted by atomic mass is 10.1. The smallest absolute Gasteiger partial charge is 0.305 e. The zero-order valence-corrected chi connectivity index (χ0v) is 14.3. The number of carbonyl (C=O) groups is 2. The van der Waals surface area contributed by atoms with Gasteiger partial charge in [-0.2, -0.15) is 0 Å². The number of anilines is 1. The molecule has 9 heteroatoms. The SMILES string of the molecule is CCCC(CC(=O)O)NC(=O)c1ccc(NCCOC)c([N+](=O)[O-])c1. The highest BCUT2D eigenvalue weighted by molar-refractivity contribution is 5.96. The van der Waals surface area contributed by atoms with Gasteiger partial charge in [0.05, 0.1) is 18.0 Å². The molecule has 0 aromatic heterocycles. The normalized spacial score (nSPS) is 11.6. The monoisotopic (exact) mass is 353 g/mol. The highest BCUT2D eigenvalue weighted by Gasteiger charge is 2.20. The van der Waals surface area contributed by atoms with Crippen molar-refractivity contribution in [2.45, 2.75) is 32.2 Å². The fourth-order valence-electron chi connectivity index (χ4n) is 2.31. The van der Waals surface area contributed by atoms with Crippen LogP contribution in [-0.2, 0) is 9.53 Å². The van der Waals surface area contributed by atoms with Crippen LogP contribution in [0.5, 0.6) is 0 Å². The first-order valence-corrected chi connectivity index (χ1v) is 7.92. The molecule has 1 aromatic rings. The molecule has 0 bridgehead atoms. The number of rotatable bonds is 11. The highest BCUT2D eigenvalue weighted by atomic mass is 16.6. The predicted molar refractivity (Wildman–Crippen MR) is 91.9 cm³/mol. The van der Waals surface area contributed by atoms with Gasteiger partial charge in [0.25, 0.3) is 11.6 Å². The summed E-state index contributed by atoms with van der Waals surface area (Å²) in [7, 11) is 1.52. The van der Waals surface area contributed by atoms with E-state index in [9.17, 15) is 19.7 Å². The molecule has 1 aromatic carbocycles. The number of carboxylic acids is 1. The summed E-state index contributed by atoms with van der Waals surface area (Å²) in [6.07, 6.45) is 1.02. The first kappa shape index (κ1) is 20.4. The van der Waals surface area contributed by atoms with Crippen molar-refractivity contribution in [3.63, 3.8) is 0 Å². The van der Waals surface area contributed by atoms with Gasteiger partial charge in [-0.15, -0.1) is 0 Å². The van der Waals surface area contributed by atoms with Crippen LogP contribution in [0.3, 0.4) is 0 Å². The number of hydrogen-bond donors (Lipinski definition) is 3. The average Bonchev–Trinajstić information content (AvgIpc) is 2.54. The second-order valence-corrected chi connectivity index (χ2v) is 5.47. The Labute approximate surface area is 145 Å². The van der Waals surface area contributed by atoms with Gasteiger partial charge in [0, 0.05) is 31.3 Å². The zero-order valence-electron chi connectivity index (χ0n) is 14.3. The van der Waals surface area contributed by atoms with E-state index in [2.05, 4.69) is 10.6 Å². The van der Waals surface area contributed by atoms with Crippen molar-refractivity contribution >= 4 is 23.3 Å². The number of benzene rings is 1. The van der Waals surface area contributed by atoms with Crippen LogP contribution in [0.1, 0.15) is 36.5 Å². The molecule has 3 N–H and O–H groups in total. The maximum atomic E-state index is 12.3. The maximum Gasteiger partial charge on any atom is 0.305 e. The van der Waals surface area contributed by atoms with Crippen molar-refractivity contribution in [3.05, 3.63) is 33.9 Å². The second kappa shape index (κ2) is 10.2. The highest BCUT2D eigenvalue weighted by Crippen LogP contribution is 2.25. The summed E-state index contributed by atoms with van der Waals surface area (Å²) < 4.78 is 4.88. The molecule has 138 valence electrons. The molecule has 0 radical (unpaired) electrons. The number of methoxy groups -OCH3 is 1. The molecule has 0 aliphatic rings. The Balaban J connectivity index is 2.92. The number of nitrogens with one attached hydrogen (secondary N) is 2. The van der Waals surface area contributed by atoms with Gasteiger partial charge in [0.1, 0.15) is 5.69 Å². The molecule has 1 atom stereocenters. The number of nitrogens with zero attached hydrogens (tertiary/aromatic N) is 1. The summed E-state index contributed by atoms with van der Waals surface area (Å²) in [4.78, 5) is 33.8. The average molecular weight is 353 g/mol. The van der Waals surface area contributed by atoms with Crippen LogP contribution in [0, 0.1) is 10.1 Å². The number of carbonyl (C=O) groups excluding carboxylic acids is 1. The van der Waals surface area contributed by atoms with E-state index >= 15 is 0 Å². The van der Waals surface area contributed by atoms with E-state index in [-0.39, 0.29) is 23.4 Å². The van der Waals surface area contributed by atoms with Gasteiger partial charge >= 0.3 is 5.97 Å². The van der Waals surface area contributed by atoms with E-state index in [1.807, 2.05) is 6.92 Å². The molecule has 9 nitrogen and oxygen atoms in total. The number of carboxylic acid groups (broad SMARTS) is 1. The number of ether oxygens (including phenoxy) is 1. The molecule has 0 saturated carbocycles. The largest absolute Gasteiger partial charge is 0.481 e. The zero-order chi connectivity index (χ0) is 18.8. The van der Waals surface area contributed by atoms with Crippen molar-refractivity contribution in [1.82, 2.24) is 5.32 Å². The first-order valence-electron chi connectivity index (χ1n) is 7.92. The molecule has 0 aliphatic heterocycles. The summed E-state index contributed by atoms with van der Waals surface area (Å²) >= 11 is 0. The van der Waals surface area contributed by atoms with Gasteiger partial charge in [0.15, 0.2) is 0 Å². The van der Waals surface area contributed by atoms with Crippen LogP contribution in [0.25, 0.3) is 0 Å². The third-order valence-corrected chi connectivity index (χ3v) is 3.47. The van der Waals surface area contributed by atoms with Crippen LogP contribution in [0.15, 0.2) is 18.2 Å². The number of nitro groups is 1. The standard InChI is InChI=1S/C16H23N3O6/c1-3-4-12(10-15(20)21)18-16(22)11-5-6-13(17-7-8-25-2)14(9-11)19(23)24/h5-6,9,12,17H,3-4,7-8,10H2,1-2H3,(H,18,22)(H,20,21). The number of hydrogen-bond acceptors (Lipinski definition) is 6. The van der Waals surface area contributed by atoms with Gasteiger partial charge in [0.2, 0.25) is 0 Å². The lowest BCUT2D eigenvalue weighted by molar-refractivity contribution is -0.384. The van der Waals surface area contributed by atoms with Crippen LogP contribution >= 0.6 is 0 Å². The summed E-state index contributed by atoms with van der Waals surface area (Å²) in [5.74, 6) is -1.55. The van der Waals surface area contributed by atoms with Crippen LogP contribution < -0.4 is 10.6 Å². The first-order chi connectivity index (χ1) is 11.9. The molecule has 0 heterocycles. The van der Waals surface area contributed by atoms with Gasteiger partial charge < -0.3 is 20.5 Å². The molecule has 1 unspecified atom stereocenters. The van der Waals surface area contributed by atoms with Crippen molar-refractivity contribution in [2.75, 3.05) is 25.6 Å². The number of amides is 1. The van der Waals surface area contributed by atoms with E-state index in [0.717, 1.165) is 0 Å². The van der Waals surface area contributed by atoms with Gasteiger partial charge in [-0.05, 0) is 18.6 Å². The number of nitro benzene ring substituents is 1. The fourth-order valence-corrected chi connectivity index (χ4v) is 2.31. The minimum Gasteiger partial charge on any atom is -0.481 e. The van der Waals surface area contributed by atoms with Crippen molar-refractivity contribution in [3.8, 4) is 0 Å². The van der Waals surface area contributed by atoms with E-state index < -0.39 is 22.8 Å².